The van der Waals surface area contributed by atoms with E-state index in [2.05, 4.69) is 31.7 Å². The summed E-state index contributed by atoms with van der Waals surface area (Å²) >= 11 is 0. The van der Waals surface area contributed by atoms with E-state index in [1.165, 1.54) is 12.1 Å². The molecule has 1 aromatic rings. The van der Waals surface area contributed by atoms with Gasteiger partial charge < -0.3 is 0 Å². The highest BCUT2D eigenvalue weighted by Gasteiger charge is 2.48. The molecule has 2 rings (SSSR count). The Labute approximate surface area is 119 Å². The third-order valence-corrected chi connectivity index (χ3v) is 4.34. The smallest absolute Gasteiger partial charge is 0.129 e. The first-order chi connectivity index (χ1) is 9.18. The van der Waals surface area contributed by atoms with Gasteiger partial charge in [0.1, 0.15) is 11.6 Å². The molecule has 0 N–H and O–H groups in total. The van der Waals surface area contributed by atoms with Crippen LogP contribution >= 0.6 is 0 Å². The summed E-state index contributed by atoms with van der Waals surface area (Å²) in [6, 6.07) is 5.93. The van der Waals surface area contributed by atoms with Gasteiger partial charge in [0.2, 0.25) is 0 Å². The number of hydrogen-bond donors (Lipinski definition) is 0. The summed E-state index contributed by atoms with van der Waals surface area (Å²) in [5, 5.41) is 9.42. The second-order valence-corrected chi connectivity index (χ2v) is 6.77. The SMILES string of the molecule is CC(C)(C)N1CC(C#N)[C@](C)(c2ccc(F)cc2F)C1. The standard InChI is InChI=1S/C16H20F2N2/c1-15(2,3)20-9-11(8-19)16(4,10-20)13-6-5-12(17)7-14(13)18/h5-7,11H,9-10H2,1-4H3/t11?,16-/m1/s1. The molecule has 2 atom stereocenters. The zero-order valence-electron chi connectivity index (χ0n) is 12.4. The minimum Gasteiger partial charge on any atom is -0.296 e. The molecule has 0 aromatic heterocycles. The Morgan fingerprint density at radius 1 is 1.35 bits per heavy atom. The van der Waals surface area contributed by atoms with Gasteiger partial charge in [0.05, 0.1) is 12.0 Å². The van der Waals surface area contributed by atoms with Gasteiger partial charge in [-0.25, -0.2) is 8.78 Å². The molecule has 1 aliphatic rings. The molecule has 1 aromatic carbocycles. The van der Waals surface area contributed by atoms with Crippen molar-refractivity contribution in [1.82, 2.24) is 4.90 Å². The second-order valence-electron chi connectivity index (χ2n) is 6.77. The Bertz CT molecular complexity index is 557. The van der Waals surface area contributed by atoms with Gasteiger partial charge in [0, 0.05) is 30.1 Å². The van der Waals surface area contributed by atoms with Crippen molar-refractivity contribution in [2.75, 3.05) is 13.1 Å². The summed E-state index contributed by atoms with van der Waals surface area (Å²) in [4.78, 5) is 2.18. The van der Waals surface area contributed by atoms with Gasteiger partial charge in [-0.2, -0.15) is 5.26 Å². The molecule has 0 radical (unpaired) electrons. The van der Waals surface area contributed by atoms with Crippen LogP contribution in [-0.2, 0) is 5.41 Å². The molecule has 0 amide bonds. The zero-order valence-corrected chi connectivity index (χ0v) is 12.4. The van der Waals surface area contributed by atoms with Crippen LogP contribution in [0.4, 0.5) is 8.78 Å². The van der Waals surface area contributed by atoms with Gasteiger partial charge in [-0.05, 0) is 32.4 Å². The molecule has 0 aliphatic carbocycles. The fourth-order valence-electron chi connectivity index (χ4n) is 2.91. The van der Waals surface area contributed by atoms with Gasteiger partial charge >= 0.3 is 0 Å². The van der Waals surface area contributed by atoms with E-state index in [4.69, 9.17) is 0 Å². The second kappa shape index (κ2) is 4.82. The largest absolute Gasteiger partial charge is 0.296 e. The number of benzene rings is 1. The highest BCUT2D eigenvalue weighted by atomic mass is 19.1. The first kappa shape index (κ1) is 14.9. The Morgan fingerprint density at radius 2 is 2.00 bits per heavy atom. The summed E-state index contributed by atoms with van der Waals surface area (Å²) in [5.74, 6) is -1.46. The maximum absolute atomic E-state index is 14.1. The molecule has 108 valence electrons. The fourth-order valence-corrected chi connectivity index (χ4v) is 2.91. The van der Waals surface area contributed by atoms with Crippen molar-refractivity contribution in [3.05, 3.63) is 35.4 Å². The van der Waals surface area contributed by atoms with Gasteiger partial charge in [-0.3, -0.25) is 4.90 Å². The molecule has 1 saturated heterocycles. The van der Waals surface area contributed by atoms with E-state index in [1.54, 1.807) is 0 Å². The molecule has 1 aliphatic heterocycles. The van der Waals surface area contributed by atoms with E-state index in [0.29, 0.717) is 18.7 Å². The number of nitriles is 1. The lowest BCUT2D eigenvalue weighted by atomic mass is 9.74. The number of rotatable bonds is 1. The van der Waals surface area contributed by atoms with Crippen LogP contribution in [0, 0.1) is 28.9 Å². The zero-order chi connectivity index (χ0) is 15.1. The maximum Gasteiger partial charge on any atom is 0.129 e. The normalized spacial score (nSPS) is 27.6. The molecular weight excluding hydrogens is 258 g/mol. The molecule has 1 unspecified atom stereocenters. The molecule has 1 heterocycles. The number of hydrogen-bond acceptors (Lipinski definition) is 2. The average Bonchev–Trinajstić information content (AvgIpc) is 2.66. The van der Waals surface area contributed by atoms with Crippen LogP contribution in [0.25, 0.3) is 0 Å². The van der Waals surface area contributed by atoms with E-state index in [1.807, 2.05) is 6.92 Å². The molecule has 0 bridgehead atoms. The number of halogens is 2. The predicted molar refractivity (Wildman–Crippen MR) is 74.1 cm³/mol. The van der Waals surface area contributed by atoms with E-state index in [-0.39, 0.29) is 11.5 Å². The summed E-state index contributed by atoms with van der Waals surface area (Å²) in [6.45, 7) is 9.32. The summed E-state index contributed by atoms with van der Waals surface area (Å²) in [6.07, 6.45) is 0. The van der Waals surface area contributed by atoms with Crippen LogP contribution in [0.3, 0.4) is 0 Å². The van der Waals surface area contributed by atoms with E-state index in [0.717, 1.165) is 6.07 Å². The molecule has 4 heteroatoms. The lowest BCUT2D eigenvalue weighted by molar-refractivity contribution is 0.164. The topological polar surface area (TPSA) is 27.0 Å². The van der Waals surface area contributed by atoms with Crippen molar-refractivity contribution in [1.29, 1.82) is 5.26 Å². The van der Waals surface area contributed by atoms with Gasteiger partial charge in [0.15, 0.2) is 0 Å². The molecular formula is C16H20F2N2. The Morgan fingerprint density at radius 3 is 2.50 bits per heavy atom. The monoisotopic (exact) mass is 278 g/mol. The Kier molecular flexibility index (Phi) is 3.60. The summed E-state index contributed by atoms with van der Waals surface area (Å²) in [5.41, 5.74) is -0.263. The minimum atomic E-state index is -0.611. The fraction of sp³-hybridized carbons (Fsp3) is 0.562. The van der Waals surface area contributed by atoms with Crippen LogP contribution in [0.1, 0.15) is 33.3 Å². The van der Waals surface area contributed by atoms with Crippen LogP contribution in [0.5, 0.6) is 0 Å². The summed E-state index contributed by atoms with van der Waals surface area (Å²) < 4.78 is 27.2. The third kappa shape index (κ3) is 2.43. The first-order valence-electron chi connectivity index (χ1n) is 6.78. The third-order valence-electron chi connectivity index (χ3n) is 4.34. The van der Waals surface area contributed by atoms with Gasteiger partial charge in [0.25, 0.3) is 0 Å². The van der Waals surface area contributed by atoms with Crippen molar-refractivity contribution in [3.8, 4) is 6.07 Å². The highest BCUT2D eigenvalue weighted by Crippen LogP contribution is 2.42. The molecule has 2 nitrogen and oxygen atoms in total. The van der Waals surface area contributed by atoms with E-state index in [9.17, 15) is 14.0 Å². The minimum absolute atomic E-state index is 0.0800. The lowest BCUT2D eigenvalue weighted by Gasteiger charge is -2.34. The van der Waals surface area contributed by atoms with E-state index < -0.39 is 17.0 Å². The lowest BCUT2D eigenvalue weighted by Crippen LogP contribution is -2.41. The average molecular weight is 278 g/mol. The van der Waals surface area contributed by atoms with Crippen molar-refractivity contribution in [2.45, 2.75) is 38.6 Å². The number of nitrogens with zero attached hydrogens (tertiary/aromatic N) is 2. The van der Waals surface area contributed by atoms with Gasteiger partial charge in [-0.1, -0.05) is 13.0 Å². The van der Waals surface area contributed by atoms with Crippen LogP contribution in [-0.4, -0.2) is 23.5 Å². The van der Waals surface area contributed by atoms with E-state index >= 15 is 0 Å². The first-order valence-corrected chi connectivity index (χ1v) is 6.78. The van der Waals surface area contributed by atoms with Crippen molar-refractivity contribution < 1.29 is 8.78 Å². The van der Waals surface area contributed by atoms with Crippen LogP contribution < -0.4 is 0 Å². The number of likely N-dealkylation sites (tertiary alicyclic amines) is 1. The Balaban J connectivity index is 2.45. The Hall–Kier alpha value is -1.47. The molecule has 0 saturated carbocycles. The quantitative estimate of drug-likeness (QED) is 0.786. The maximum atomic E-state index is 14.1. The van der Waals surface area contributed by atoms with Crippen molar-refractivity contribution in [2.24, 2.45) is 5.92 Å². The van der Waals surface area contributed by atoms with Gasteiger partial charge in [-0.15, -0.1) is 0 Å². The highest BCUT2D eigenvalue weighted by molar-refractivity contribution is 5.32. The predicted octanol–water partition coefficient (Wildman–Crippen LogP) is 3.48. The molecule has 0 spiro atoms. The molecule has 1 fully saturated rings. The van der Waals surface area contributed by atoms with Crippen LogP contribution in [0.2, 0.25) is 0 Å². The van der Waals surface area contributed by atoms with Crippen molar-refractivity contribution >= 4 is 0 Å². The molecule has 20 heavy (non-hydrogen) atoms. The van der Waals surface area contributed by atoms with Crippen molar-refractivity contribution in [3.63, 3.8) is 0 Å². The summed E-state index contributed by atoms with van der Waals surface area (Å²) in [7, 11) is 0. The van der Waals surface area contributed by atoms with Crippen LogP contribution in [0.15, 0.2) is 18.2 Å².